The van der Waals surface area contributed by atoms with Gasteiger partial charge in [-0.1, -0.05) is 30.3 Å². The minimum absolute atomic E-state index is 0.317. The summed E-state index contributed by atoms with van der Waals surface area (Å²) in [6, 6.07) is 12.8. The number of benzene rings is 2. The largest absolute Gasteiger partial charge is 0.308 e. The fraction of sp³-hybridized carbons (Fsp3) is 0.0714. The Morgan fingerprint density at radius 3 is 2.50 bits per heavy atom. The van der Waals surface area contributed by atoms with E-state index in [1.807, 2.05) is 37.3 Å². The Bertz CT molecular complexity index is 532. The summed E-state index contributed by atoms with van der Waals surface area (Å²) in [6.45, 7) is 2.00. The van der Waals surface area contributed by atoms with Gasteiger partial charge < -0.3 is 5.41 Å². The molecule has 0 aliphatic carbocycles. The molecule has 0 fully saturated rings. The fourth-order valence-electron chi connectivity index (χ4n) is 1.71. The number of aryl methyl sites for hydroxylation is 1. The van der Waals surface area contributed by atoms with Crippen LogP contribution in [-0.4, -0.2) is 6.21 Å². The highest BCUT2D eigenvalue weighted by Gasteiger charge is 2.04. The van der Waals surface area contributed by atoms with E-state index in [0.29, 0.717) is 5.56 Å². The second-order valence-electron chi connectivity index (χ2n) is 3.70. The predicted molar refractivity (Wildman–Crippen MR) is 64.5 cm³/mol. The zero-order valence-electron chi connectivity index (χ0n) is 9.00. The third-order valence-electron chi connectivity index (χ3n) is 2.61. The first kappa shape index (κ1) is 10.6. The molecule has 16 heavy (non-hydrogen) atoms. The summed E-state index contributed by atoms with van der Waals surface area (Å²) < 4.78 is 13.5. The molecule has 0 aliphatic rings. The molecule has 0 saturated carbocycles. The maximum atomic E-state index is 13.5. The third-order valence-corrected chi connectivity index (χ3v) is 2.61. The lowest BCUT2D eigenvalue weighted by Gasteiger charge is -2.06. The van der Waals surface area contributed by atoms with E-state index >= 15 is 0 Å². The van der Waals surface area contributed by atoms with Gasteiger partial charge in [-0.2, -0.15) is 0 Å². The first-order valence-electron chi connectivity index (χ1n) is 5.08. The number of halogens is 1. The van der Waals surface area contributed by atoms with Crippen LogP contribution in [0.5, 0.6) is 0 Å². The Morgan fingerprint density at radius 2 is 1.88 bits per heavy atom. The first-order chi connectivity index (χ1) is 7.72. The molecule has 1 N–H and O–H groups in total. The summed E-state index contributed by atoms with van der Waals surface area (Å²) in [6.07, 6.45) is 1.02. The van der Waals surface area contributed by atoms with E-state index in [1.54, 1.807) is 6.07 Å². The summed E-state index contributed by atoms with van der Waals surface area (Å²) in [7, 11) is 0. The predicted octanol–water partition coefficient (Wildman–Crippen LogP) is 3.80. The zero-order valence-corrected chi connectivity index (χ0v) is 9.00. The molecule has 0 bridgehead atoms. The van der Waals surface area contributed by atoms with Crippen LogP contribution in [-0.2, 0) is 0 Å². The average Bonchev–Trinajstić information content (AvgIpc) is 2.29. The van der Waals surface area contributed by atoms with Crippen molar-refractivity contribution in [3.63, 3.8) is 0 Å². The smallest absolute Gasteiger partial charge is 0.132 e. The third kappa shape index (κ3) is 1.87. The van der Waals surface area contributed by atoms with Crippen LogP contribution in [0.15, 0.2) is 42.5 Å². The van der Waals surface area contributed by atoms with Gasteiger partial charge in [-0.15, -0.1) is 0 Å². The van der Waals surface area contributed by atoms with Gasteiger partial charge in [0.25, 0.3) is 0 Å². The van der Waals surface area contributed by atoms with Crippen molar-refractivity contribution in [3.05, 3.63) is 59.4 Å². The zero-order chi connectivity index (χ0) is 11.5. The van der Waals surface area contributed by atoms with Crippen molar-refractivity contribution in [3.8, 4) is 11.1 Å². The van der Waals surface area contributed by atoms with E-state index in [0.717, 1.165) is 22.9 Å². The molecule has 2 aromatic rings. The van der Waals surface area contributed by atoms with E-state index < -0.39 is 0 Å². The van der Waals surface area contributed by atoms with Crippen molar-refractivity contribution < 1.29 is 4.39 Å². The molecule has 0 heterocycles. The van der Waals surface area contributed by atoms with Crippen LogP contribution in [0.25, 0.3) is 11.1 Å². The Morgan fingerprint density at radius 1 is 1.12 bits per heavy atom. The van der Waals surface area contributed by atoms with E-state index in [-0.39, 0.29) is 5.82 Å². The summed E-state index contributed by atoms with van der Waals surface area (Å²) in [4.78, 5) is 0. The SMILES string of the molecule is Cc1ccccc1-c1ccc(C=N)c(F)c1. The van der Waals surface area contributed by atoms with E-state index in [9.17, 15) is 4.39 Å². The van der Waals surface area contributed by atoms with Crippen molar-refractivity contribution in [1.82, 2.24) is 0 Å². The molecule has 0 aliphatic heterocycles. The van der Waals surface area contributed by atoms with Crippen LogP contribution in [0, 0.1) is 18.2 Å². The van der Waals surface area contributed by atoms with Crippen molar-refractivity contribution in [1.29, 1.82) is 5.41 Å². The van der Waals surface area contributed by atoms with Gasteiger partial charge in [-0.3, -0.25) is 0 Å². The number of rotatable bonds is 2. The summed E-state index contributed by atoms with van der Waals surface area (Å²) in [5.41, 5.74) is 3.31. The fourth-order valence-corrected chi connectivity index (χ4v) is 1.71. The first-order valence-corrected chi connectivity index (χ1v) is 5.08. The molecule has 0 spiro atoms. The average molecular weight is 213 g/mol. The molecular formula is C14H12FN. The van der Waals surface area contributed by atoms with Crippen molar-refractivity contribution in [2.45, 2.75) is 6.92 Å². The molecule has 2 rings (SSSR count). The van der Waals surface area contributed by atoms with Gasteiger partial charge in [0.05, 0.1) is 0 Å². The van der Waals surface area contributed by atoms with E-state index in [1.165, 1.54) is 6.07 Å². The van der Waals surface area contributed by atoms with Gasteiger partial charge in [0.1, 0.15) is 5.82 Å². The maximum Gasteiger partial charge on any atom is 0.132 e. The summed E-state index contributed by atoms with van der Waals surface area (Å²) in [5, 5.41) is 7.04. The summed E-state index contributed by atoms with van der Waals surface area (Å²) >= 11 is 0. The molecule has 0 saturated heterocycles. The number of hydrogen-bond acceptors (Lipinski definition) is 1. The standard InChI is InChI=1S/C14H12FN/c1-10-4-2-3-5-13(10)11-6-7-12(9-16)14(15)8-11/h2-9,16H,1H3. The molecule has 80 valence electrons. The number of nitrogens with one attached hydrogen (secondary N) is 1. The highest BCUT2D eigenvalue weighted by molar-refractivity contribution is 5.79. The molecule has 2 heteroatoms. The Labute approximate surface area is 94.1 Å². The van der Waals surface area contributed by atoms with Crippen LogP contribution in [0.2, 0.25) is 0 Å². The Kier molecular flexibility index (Phi) is 2.82. The van der Waals surface area contributed by atoms with Crippen molar-refractivity contribution in [2.24, 2.45) is 0 Å². The topological polar surface area (TPSA) is 23.9 Å². The second kappa shape index (κ2) is 4.27. The van der Waals surface area contributed by atoms with Crippen LogP contribution in [0.4, 0.5) is 4.39 Å². The van der Waals surface area contributed by atoms with Crippen LogP contribution in [0.3, 0.4) is 0 Å². The second-order valence-corrected chi connectivity index (χ2v) is 3.70. The van der Waals surface area contributed by atoms with Gasteiger partial charge in [0.2, 0.25) is 0 Å². The molecule has 0 amide bonds. The molecule has 0 unspecified atom stereocenters. The highest BCUT2D eigenvalue weighted by atomic mass is 19.1. The van der Waals surface area contributed by atoms with Crippen LogP contribution < -0.4 is 0 Å². The van der Waals surface area contributed by atoms with Gasteiger partial charge in [0, 0.05) is 11.8 Å². The molecule has 1 nitrogen and oxygen atoms in total. The lowest BCUT2D eigenvalue weighted by molar-refractivity contribution is 0.626. The molecular weight excluding hydrogens is 201 g/mol. The van der Waals surface area contributed by atoms with Gasteiger partial charge >= 0.3 is 0 Å². The van der Waals surface area contributed by atoms with Gasteiger partial charge in [-0.05, 0) is 35.7 Å². The molecule has 0 atom stereocenters. The molecule has 0 aromatic heterocycles. The van der Waals surface area contributed by atoms with Gasteiger partial charge in [-0.25, -0.2) is 4.39 Å². The van der Waals surface area contributed by atoms with Crippen molar-refractivity contribution >= 4 is 6.21 Å². The molecule has 2 aromatic carbocycles. The summed E-state index contributed by atoms with van der Waals surface area (Å²) in [5.74, 6) is -0.351. The quantitative estimate of drug-likeness (QED) is 0.734. The lowest BCUT2D eigenvalue weighted by atomic mass is 9.99. The number of hydrogen-bond donors (Lipinski definition) is 1. The monoisotopic (exact) mass is 213 g/mol. The lowest BCUT2D eigenvalue weighted by Crippen LogP contribution is -1.89. The molecule has 0 radical (unpaired) electrons. The highest BCUT2D eigenvalue weighted by Crippen LogP contribution is 2.24. The normalized spacial score (nSPS) is 10.1. The van der Waals surface area contributed by atoms with E-state index in [4.69, 9.17) is 5.41 Å². The minimum Gasteiger partial charge on any atom is -0.308 e. The Balaban J connectivity index is 2.54. The van der Waals surface area contributed by atoms with Crippen LogP contribution in [0.1, 0.15) is 11.1 Å². The van der Waals surface area contributed by atoms with E-state index in [2.05, 4.69) is 0 Å². The minimum atomic E-state index is -0.351. The van der Waals surface area contributed by atoms with Gasteiger partial charge in [0.15, 0.2) is 0 Å². The van der Waals surface area contributed by atoms with Crippen LogP contribution >= 0.6 is 0 Å². The Hall–Kier alpha value is -1.96. The maximum absolute atomic E-state index is 13.5. The van der Waals surface area contributed by atoms with Crippen molar-refractivity contribution in [2.75, 3.05) is 0 Å².